The second-order valence-electron chi connectivity index (χ2n) is 12.4. The average Bonchev–Trinajstić information content (AvgIpc) is 2.96. The van der Waals surface area contributed by atoms with Gasteiger partial charge in [0.05, 0.1) is 6.10 Å². The minimum absolute atomic E-state index is 0.120. The van der Waals surface area contributed by atoms with Gasteiger partial charge in [0.15, 0.2) is 0 Å². The Morgan fingerprint density at radius 2 is 1.73 bits per heavy atom. The molecule has 0 amide bonds. The molecule has 4 aliphatic rings. The summed E-state index contributed by atoms with van der Waals surface area (Å²) in [6.45, 7) is 17.2. The van der Waals surface area contributed by atoms with Crippen LogP contribution >= 0.6 is 0 Å². The number of hydrogen-bond donors (Lipinski definition) is 1. The molecule has 2 unspecified atom stereocenters. The summed E-state index contributed by atoms with van der Waals surface area (Å²) in [6, 6.07) is 0. The highest BCUT2D eigenvalue weighted by molar-refractivity contribution is 5.39. The van der Waals surface area contributed by atoms with Crippen LogP contribution < -0.4 is 0 Å². The molecule has 0 heterocycles. The lowest BCUT2D eigenvalue weighted by molar-refractivity contribution is 0.0345. The van der Waals surface area contributed by atoms with Gasteiger partial charge in [-0.25, -0.2) is 0 Å². The Morgan fingerprint density at radius 3 is 2.43 bits per heavy atom. The minimum atomic E-state index is -0.120. The quantitative estimate of drug-likeness (QED) is 0.474. The van der Waals surface area contributed by atoms with Crippen LogP contribution in [0.2, 0.25) is 0 Å². The fourth-order valence-electron chi connectivity index (χ4n) is 8.19. The van der Waals surface area contributed by atoms with E-state index in [0.717, 1.165) is 42.9 Å². The van der Waals surface area contributed by atoms with E-state index in [1.54, 1.807) is 5.57 Å². The molecule has 0 bridgehead atoms. The molecule has 1 nitrogen and oxygen atoms in total. The first kappa shape index (κ1) is 22.4. The average molecular weight is 411 g/mol. The van der Waals surface area contributed by atoms with Gasteiger partial charge in [-0.3, -0.25) is 0 Å². The van der Waals surface area contributed by atoms with Gasteiger partial charge in [-0.1, -0.05) is 83.9 Å². The SMILES string of the molecule is CC(/C=C/[C@H](C)C(C)C)[C@H]1C(C)C[C@H]2C3=CC=C4C[C@@H](O)CC[C@]4(C)[C@H]3CC[C@]12C. The Hall–Kier alpha value is -0.820. The molecule has 0 aromatic heterocycles. The van der Waals surface area contributed by atoms with E-state index in [1.807, 2.05) is 0 Å². The van der Waals surface area contributed by atoms with Gasteiger partial charge in [0, 0.05) is 0 Å². The summed E-state index contributed by atoms with van der Waals surface area (Å²) in [6.07, 6.45) is 17.0. The van der Waals surface area contributed by atoms with E-state index in [1.165, 1.54) is 24.8 Å². The van der Waals surface area contributed by atoms with Crippen LogP contribution in [0.5, 0.6) is 0 Å². The van der Waals surface area contributed by atoms with Gasteiger partial charge in [0.1, 0.15) is 0 Å². The number of aliphatic hydroxyl groups is 1. The molecule has 0 saturated heterocycles. The summed E-state index contributed by atoms with van der Waals surface area (Å²) in [5, 5.41) is 10.2. The fourth-order valence-corrected chi connectivity index (χ4v) is 8.19. The van der Waals surface area contributed by atoms with Crippen molar-refractivity contribution in [3.63, 3.8) is 0 Å². The Balaban J connectivity index is 1.61. The largest absolute Gasteiger partial charge is 0.393 e. The summed E-state index contributed by atoms with van der Waals surface area (Å²) in [7, 11) is 0. The monoisotopic (exact) mass is 410 g/mol. The van der Waals surface area contributed by atoms with Crippen molar-refractivity contribution in [1.82, 2.24) is 0 Å². The predicted octanol–water partition coefficient (Wildman–Crippen LogP) is 7.58. The van der Waals surface area contributed by atoms with E-state index >= 15 is 0 Å². The number of aliphatic hydroxyl groups excluding tert-OH is 1. The molecule has 9 atom stereocenters. The first-order valence-corrected chi connectivity index (χ1v) is 12.9. The summed E-state index contributed by atoms with van der Waals surface area (Å²) >= 11 is 0. The normalized spacial score (nSPS) is 45.4. The van der Waals surface area contributed by atoms with Gasteiger partial charge >= 0.3 is 0 Å². The number of allylic oxidation sites excluding steroid dienone is 5. The highest BCUT2D eigenvalue weighted by atomic mass is 16.3. The molecule has 0 radical (unpaired) electrons. The van der Waals surface area contributed by atoms with Gasteiger partial charge in [-0.2, -0.15) is 0 Å². The van der Waals surface area contributed by atoms with Crippen LogP contribution in [0.25, 0.3) is 0 Å². The van der Waals surface area contributed by atoms with Gasteiger partial charge in [-0.05, 0) is 90.8 Å². The molecule has 4 aliphatic carbocycles. The van der Waals surface area contributed by atoms with E-state index < -0.39 is 0 Å². The maximum absolute atomic E-state index is 10.2. The predicted molar refractivity (Wildman–Crippen MR) is 128 cm³/mol. The maximum Gasteiger partial charge on any atom is 0.0578 e. The van der Waals surface area contributed by atoms with E-state index in [0.29, 0.717) is 28.6 Å². The van der Waals surface area contributed by atoms with Crippen LogP contribution in [0.1, 0.15) is 87.0 Å². The second-order valence-corrected chi connectivity index (χ2v) is 12.4. The van der Waals surface area contributed by atoms with Gasteiger partial charge in [0.25, 0.3) is 0 Å². The summed E-state index contributed by atoms with van der Waals surface area (Å²) in [5.74, 6) is 5.07. The zero-order valence-corrected chi connectivity index (χ0v) is 20.6. The van der Waals surface area contributed by atoms with Crippen molar-refractivity contribution in [1.29, 1.82) is 0 Å². The molecule has 0 aromatic rings. The van der Waals surface area contributed by atoms with Crippen molar-refractivity contribution in [3.8, 4) is 0 Å². The van der Waals surface area contributed by atoms with Crippen molar-refractivity contribution in [2.45, 2.75) is 93.1 Å². The molecule has 30 heavy (non-hydrogen) atoms. The Morgan fingerprint density at radius 1 is 1.00 bits per heavy atom. The fraction of sp³-hybridized carbons (Fsp3) is 0.793. The highest BCUT2D eigenvalue weighted by Crippen LogP contribution is 2.67. The van der Waals surface area contributed by atoms with Crippen molar-refractivity contribution in [3.05, 3.63) is 35.5 Å². The molecular weight excluding hydrogens is 364 g/mol. The molecule has 1 N–H and O–H groups in total. The zero-order valence-electron chi connectivity index (χ0n) is 20.6. The molecular formula is C29H46O. The lowest BCUT2D eigenvalue weighted by Gasteiger charge is -2.55. The standard InChI is InChI=1S/C29H46O/c1-18(2)19(3)8-9-20(4)27-21(5)16-26-24-11-10-22-17-23(30)12-14-28(22,6)25(24)13-15-29(26,27)7/h8-11,18-21,23,25-27,30H,12-17H2,1-7H3/b9-8+/t19-,20?,21?,23-,25-,26-,27-,28-,29-/m0/s1. The lowest BCUT2D eigenvalue weighted by Crippen LogP contribution is -2.46. The Bertz CT molecular complexity index is 741. The van der Waals surface area contributed by atoms with Crippen LogP contribution in [-0.2, 0) is 0 Å². The summed E-state index contributed by atoms with van der Waals surface area (Å²) < 4.78 is 0. The third-order valence-corrected chi connectivity index (χ3v) is 10.3. The number of rotatable bonds is 4. The van der Waals surface area contributed by atoms with E-state index in [2.05, 4.69) is 72.8 Å². The van der Waals surface area contributed by atoms with Crippen LogP contribution in [0.4, 0.5) is 0 Å². The number of hydrogen-bond acceptors (Lipinski definition) is 1. The van der Waals surface area contributed by atoms with Crippen molar-refractivity contribution < 1.29 is 5.11 Å². The summed E-state index contributed by atoms with van der Waals surface area (Å²) in [5.41, 5.74) is 4.03. The van der Waals surface area contributed by atoms with Crippen LogP contribution in [0, 0.1) is 52.3 Å². The smallest absolute Gasteiger partial charge is 0.0578 e. The van der Waals surface area contributed by atoms with E-state index in [4.69, 9.17) is 0 Å². The van der Waals surface area contributed by atoms with Crippen molar-refractivity contribution >= 4 is 0 Å². The molecule has 168 valence electrons. The highest BCUT2D eigenvalue weighted by Gasteiger charge is 2.58. The zero-order chi connectivity index (χ0) is 21.8. The summed E-state index contributed by atoms with van der Waals surface area (Å²) in [4.78, 5) is 0. The Labute approximate surface area is 186 Å². The van der Waals surface area contributed by atoms with Crippen molar-refractivity contribution in [2.75, 3.05) is 0 Å². The molecule has 0 aliphatic heterocycles. The molecule has 4 rings (SSSR count). The molecule has 1 heteroatoms. The maximum atomic E-state index is 10.2. The van der Waals surface area contributed by atoms with Gasteiger partial charge in [-0.15, -0.1) is 0 Å². The molecule has 3 saturated carbocycles. The first-order chi connectivity index (χ1) is 14.1. The molecule has 0 aromatic carbocycles. The van der Waals surface area contributed by atoms with E-state index in [-0.39, 0.29) is 6.10 Å². The van der Waals surface area contributed by atoms with E-state index in [9.17, 15) is 5.11 Å². The van der Waals surface area contributed by atoms with Crippen LogP contribution in [-0.4, -0.2) is 11.2 Å². The topological polar surface area (TPSA) is 20.2 Å². The lowest BCUT2D eigenvalue weighted by atomic mass is 9.50. The van der Waals surface area contributed by atoms with Crippen LogP contribution in [0.3, 0.4) is 0 Å². The first-order valence-electron chi connectivity index (χ1n) is 12.9. The van der Waals surface area contributed by atoms with Crippen LogP contribution in [0.15, 0.2) is 35.5 Å². The number of fused-ring (bicyclic) bond motifs is 5. The second kappa shape index (κ2) is 7.95. The molecule has 0 spiro atoms. The Kier molecular flexibility index (Phi) is 5.93. The van der Waals surface area contributed by atoms with Gasteiger partial charge < -0.3 is 5.11 Å². The van der Waals surface area contributed by atoms with Gasteiger partial charge in [0.2, 0.25) is 0 Å². The third-order valence-electron chi connectivity index (χ3n) is 10.3. The minimum Gasteiger partial charge on any atom is -0.393 e. The van der Waals surface area contributed by atoms with Crippen molar-refractivity contribution in [2.24, 2.45) is 52.3 Å². The third kappa shape index (κ3) is 3.48. The molecule has 3 fully saturated rings.